The van der Waals surface area contributed by atoms with E-state index in [4.69, 9.17) is 9.26 Å². The molecule has 0 aliphatic carbocycles. The van der Waals surface area contributed by atoms with Crippen LogP contribution in [0.1, 0.15) is 49.6 Å². The van der Waals surface area contributed by atoms with E-state index in [-0.39, 0.29) is 29.5 Å². The molecule has 4 atom stereocenters. The Morgan fingerprint density at radius 2 is 1.87 bits per heavy atom. The molecule has 0 radical (unpaired) electrons. The summed E-state index contributed by atoms with van der Waals surface area (Å²) in [4.78, 5) is 13.4. The largest absolute Gasteiger partial charge is 0.394 e. The summed E-state index contributed by atoms with van der Waals surface area (Å²) in [5.41, 5.74) is 0.742. The molecule has 38 heavy (non-hydrogen) atoms. The van der Waals surface area contributed by atoms with Gasteiger partial charge in [0.05, 0.1) is 30.6 Å². The summed E-state index contributed by atoms with van der Waals surface area (Å²) in [6.45, 7) is 2.44. The molecule has 0 saturated carbocycles. The van der Waals surface area contributed by atoms with Crippen LogP contribution in [0.15, 0.2) is 28.9 Å². The lowest BCUT2D eigenvalue weighted by atomic mass is 9.92. The zero-order chi connectivity index (χ0) is 27.0. The number of aromatic nitrogens is 4. The van der Waals surface area contributed by atoms with Crippen molar-refractivity contribution in [3.63, 3.8) is 0 Å². The summed E-state index contributed by atoms with van der Waals surface area (Å²) >= 11 is 0. The smallest absolute Gasteiger partial charge is 0.219 e. The van der Waals surface area contributed by atoms with Gasteiger partial charge in [0.1, 0.15) is 23.7 Å². The van der Waals surface area contributed by atoms with E-state index in [9.17, 15) is 28.2 Å². The van der Waals surface area contributed by atoms with Crippen molar-refractivity contribution in [1.82, 2.24) is 25.1 Å². The Hall–Kier alpha value is -3.29. The van der Waals surface area contributed by atoms with E-state index in [1.807, 2.05) is 11.0 Å². The quantitative estimate of drug-likeness (QED) is 0.461. The molecular formula is C25H28F3N5O5. The van der Waals surface area contributed by atoms with Crippen LogP contribution in [-0.4, -0.2) is 79.2 Å². The van der Waals surface area contributed by atoms with Crippen LogP contribution in [0.4, 0.5) is 13.2 Å². The first kappa shape index (κ1) is 26.3. The van der Waals surface area contributed by atoms with Crippen molar-refractivity contribution in [3.8, 4) is 11.3 Å². The second-order valence-electron chi connectivity index (χ2n) is 9.82. The third kappa shape index (κ3) is 5.31. The fourth-order valence-corrected chi connectivity index (χ4v) is 5.19. The molecule has 1 aromatic carbocycles. The highest BCUT2D eigenvalue weighted by molar-refractivity contribution is 5.73. The van der Waals surface area contributed by atoms with Gasteiger partial charge in [-0.25, -0.2) is 17.9 Å². The van der Waals surface area contributed by atoms with Gasteiger partial charge in [-0.1, -0.05) is 10.4 Å². The second-order valence-corrected chi connectivity index (χ2v) is 9.82. The van der Waals surface area contributed by atoms with Crippen LogP contribution in [0.5, 0.6) is 0 Å². The van der Waals surface area contributed by atoms with Crippen LogP contribution in [0.25, 0.3) is 11.3 Å². The summed E-state index contributed by atoms with van der Waals surface area (Å²) in [6, 6.07) is 2.85. The number of benzene rings is 1. The van der Waals surface area contributed by atoms with E-state index in [1.54, 1.807) is 6.92 Å². The lowest BCUT2D eigenvalue weighted by Crippen LogP contribution is -2.48. The van der Waals surface area contributed by atoms with Gasteiger partial charge in [-0.05, 0) is 31.4 Å². The van der Waals surface area contributed by atoms with Gasteiger partial charge in [-0.3, -0.25) is 4.79 Å². The van der Waals surface area contributed by atoms with Gasteiger partial charge in [-0.2, -0.15) is 0 Å². The monoisotopic (exact) mass is 535 g/mol. The number of ether oxygens (including phenoxy) is 1. The van der Waals surface area contributed by atoms with Gasteiger partial charge >= 0.3 is 0 Å². The number of rotatable bonds is 6. The Kier molecular flexibility index (Phi) is 7.50. The average Bonchev–Trinajstić information content (AvgIpc) is 3.58. The predicted molar refractivity (Wildman–Crippen MR) is 125 cm³/mol. The Bertz CT molecular complexity index is 1270. The predicted octanol–water partition coefficient (Wildman–Crippen LogP) is 2.37. The number of carbonyl (C=O) groups is 1. The number of hydrogen-bond acceptors (Lipinski definition) is 8. The number of piperidine rings is 1. The topological polar surface area (TPSA) is 127 Å². The van der Waals surface area contributed by atoms with Gasteiger partial charge in [-0.15, -0.1) is 5.10 Å². The van der Waals surface area contributed by atoms with E-state index in [2.05, 4.69) is 15.5 Å². The molecule has 0 bridgehead atoms. The van der Waals surface area contributed by atoms with Gasteiger partial charge in [0.2, 0.25) is 5.91 Å². The van der Waals surface area contributed by atoms with E-state index in [1.165, 1.54) is 10.9 Å². The fraction of sp³-hybridized carbons (Fsp3) is 0.520. The summed E-state index contributed by atoms with van der Waals surface area (Å²) in [5, 5.41) is 32.7. The standard InChI is InChI=1S/C25H28F3N5O5/c1-13(35)32-4-2-14(3-5-32)22-9-16(30-38-22)8-17-10-21(25(36)23(12-34)37-17)33-11-20(29-31-33)15-6-18(26)24(28)19(27)7-15/h6-7,9,11,14,17,21,23,25,34,36H,2-5,8,10,12H2,1H3/t17-,21-,23+,25+/m0/s1. The highest BCUT2D eigenvalue weighted by atomic mass is 19.2. The number of amides is 1. The molecule has 2 fully saturated rings. The number of hydrogen-bond donors (Lipinski definition) is 2. The minimum absolute atomic E-state index is 0.00581. The van der Waals surface area contributed by atoms with Crippen molar-refractivity contribution < 1.29 is 37.4 Å². The van der Waals surface area contributed by atoms with Crippen molar-refractivity contribution in [2.45, 2.75) is 62.9 Å². The molecule has 4 heterocycles. The zero-order valence-electron chi connectivity index (χ0n) is 20.6. The summed E-state index contributed by atoms with van der Waals surface area (Å²) < 4.78 is 53.6. The Labute approximate surface area is 216 Å². The normalized spacial score (nSPS) is 24.6. The van der Waals surface area contributed by atoms with Crippen molar-refractivity contribution >= 4 is 5.91 Å². The Morgan fingerprint density at radius 1 is 1.16 bits per heavy atom. The third-order valence-corrected chi connectivity index (χ3v) is 7.31. The molecule has 1 amide bonds. The number of likely N-dealkylation sites (tertiary alicyclic amines) is 1. The molecule has 10 nitrogen and oxygen atoms in total. The number of aliphatic hydroxyl groups is 2. The Balaban J connectivity index is 1.29. The highest BCUT2D eigenvalue weighted by Gasteiger charge is 2.39. The number of aliphatic hydroxyl groups excluding tert-OH is 2. The maximum Gasteiger partial charge on any atom is 0.219 e. The molecule has 204 valence electrons. The molecule has 3 aromatic rings. The first-order valence-corrected chi connectivity index (χ1v) is 12.5. The lowest BCUT2D eigenvalue weighted by molar-refractivity contribution is -0.155. The van der Waals surface area contributed by atoms with Crippen molar-refractivity contribution in [3.05, 3.63) is 53.3 Å². The molecule has 2 aliphatic rings. The number of carbonyl (C=O) groups excluding carboxylic acids is 1. The van der Waals surface area contributed by atoms with Crippen LogP contribution >= 0.6 is 0 Å². The maximum atomic E-state index is 13.7. The molecule has 0 unspecified atom stereocenters. The maximum absolute atomic E-state index is 13.7. The molecule has 2 N–H and O–H groups in total. The van der Waals surface area contributed by atoms with Crippen LogP contribution < -0.4 is 0 Å². The zero-order valence-corrected chi connectivity index (χ0v) is 20.6. The van der Waals surface area contributed by atoms with Crippen molar-refractivity contribution in [2.75, 3.05) is 19.7 Å². The Morgan fingerprint density at radius 3 is 2.53 bits per heavy atom. The molecule has 0 spiro atoms. The highest BCUT2D eigenvalue weighted by Crippen LogP contribution is 2.33. The van der Waals surface area contributed by atoms with Crippen molar-refractivity contribution in [2.24, 2.45) is 0 Å². The molecule has 5 rings (SSSR count). The van der Waals surface area contributed by atoms with E-state index in [0.29, 0.717) is 25.2 Å². The molecule has 2 saturated heterocycles. The van der Waals surface area contributed by atoms with Crippen LogP contribution in [-0.2, 0) is 16.0 Å². The summed E-state index contributed by atoms with van der Waals surface area (Å²) in [5.74, 6) is -3.31. The number of nitrogens with zero attached hydrogens (tertiary/aromatic N) is 5. The SMILES string of the molecule is CC(=O)N1CCC(c2cc(C[C@H]3C[C@H](n4cc(-c5cc(F)c(F)c(F)c5)nn4)[C@@H](O)[C@@H](CO)O3)no2)CC1. The van der Waals surface area contributed by atoms with Crippen LogP contribution in [0, 0.1) is 17.5 Å². The second kappa shape index (κ2) is 10.8. The van der Waals surface area contributed by atoms with Gasteiger partial charge < -0.3 is 24.4 Å². The van der Waals surface area contributed by atoms with E-state index >= 15 is 0 Å². The molecule has 2 aliphatic heterocycles. The van der Waals surface area contributed by atoms with Gasteiger partial charge in [0.15, 0.2) is 17.5 Å². The van der Waals surface area contributed by atoms with Gasteiger partial charge in [0, 0.05) is 44.0 Å². The van der Waals surface area contributed by atoms with Crippen LogP contribution in [0.3, 0.4) is 0 Å². The van der Waals surface area contributed by atoms with E-state index < -0.39 is 48.4 Å². The minimum Gasteiger partial charge on any atom is -0.394 e. The first-order chi connectivity index (χ1) is 18.2. The fourth-order valence-electron chi connectivity index (χ4n) is 5.19. The summed E-state index contributed by atoms with van der Waals surface area (Å²) in [6.07, 6.45) is 1.11. The molecule has 13 heteroatoms. The summed E-state index contributed by atoms with van der Waals surface area (Å²) in [7, 11) is 0. The molecule has 2 aromatic heterocycles. The van der Waals surface area contributed by atoms with E-state index in [0.717, 1.165) is 30.7 Å². The minimum atomic E-state index is -1.58. The van der Waals surface area contributed by atoms with Crippen LogP contribution in [0.2, 0.25) is 0 Å². The number of halogens is 3. The molecular weight excluding hydrogens is 507 g/mol. The average molecular weight is 536 g/mol. The van der Waals surface area contributed by atoms with Crippen molar-refractivity contribution in [1.29, 1.82) is 0 Å². The lowest BCUT2D eigenvalue weighted by Gasteiger charge is -2.38. The third-order valence-electron chi connectivity index (χ3n) is 7.31. The van der Waals surface area contributed by atoms with Gasteiger partial charge in [0.25, 0.3) is 0 Å². The first-order valence-electron chi connectivity index (χ1n) is 12.5.